The van der Waals surface area contributed by atoms with E-state index in [-0.39, 0.29) is 18.1 Å². The standard InChI is InChI=1S/C13H17NO2/c1-10(15)16-13-9-5-8-12(13)14-11-6-3-2-4-7-11/h2-4,6-7,12-14H,5,8-9H2,1H3/t12-,13-/m1/s1. The Morgan fingerprint density at radius 3 is 2.75 bits per heavy atom. The Hall–Kier alpha value is -1.51. The average molecular weight is 219 g/mol. The van der Waals surface area contributed by atoms with E-state index in [9.17, 15) is 4.79 Å². The summed E-state index contributed by atoms with van der Waals surface area (Å²) in [6.07, 6.45) is 3.16. The van der Waals surface area contributed by atoms with E-state index in [1.165, 1.54) is 6.92 Å². The molecule has 2 rings (SSSR count). The predicted molar refractivity (Wildman–Crippen MR) is 63.3 cm³/mol. The maximum absolute atomic E-state index is 10.9. The van der Waals surface area contributed by atoms with Crippen LogP contribution in [0.1, 0.15) is 26.2 Å². The Morgan fingerprint density at radius 2 is 2.06 bits per heavy atom. The number of hydrogen-bond donors (Lipinski definition) is 1. The molecule has 2 atom stereocenters. The normalized spacial score (nSPS) is 24.1. The number of rotatable bonds is 3. The molecule has 0 amide bonds. The molecule has 3 heteroatoms. The van der Waals surface area contributed by atoms with Crippen molar-refractivity contribution in [3.8, 4) is 0 Å². The second-order valence-electron chi connectivity index (χ2n) is 4.20. The Labute approximate surface area is 95.8 Å². The van der Waals surface area contributed by atoms with Crippen LogP contribution in [-0.4, -0.2) is 18.1 Å². The van der Waals surface area contributed by atoms with Crippen LogP contribution < -0.4 is 5.32 Å². The van der Waals surface area contributed by atoms with Crippen LogP contribution in [0.5, 0.6) is 0 Å². The minimum Gasteiger partial charge on any atom is -0.460 e. The number of ether oxygens (including phenoxy) is 1. The Morgan fingerprint density at radius 1 is 1.31 bits per heavy atom. The number of benzene rings is 1. The minimum atomic E-state index is -0.188. The first-order valence-corrected chi connectivity index (χ1v) is 5.74. The zero-order valence-electron chi connectivity index (χ0n) is 9.48. The summed E-state index contributed by atoms with van der Waals surface area (Å²) in [7, 11) is 0. The highest BCUT2D eigenvalue weighted by atomic mass is 16.5. The first-order chi connectivity index (χ1) is 7.75. The third-order valence-electron chi connectivity index (χ3n) is 2.90. The van der Waals surface area contributed by atoms with Crippen LogP contribution in [0.4, 0.5) is 5.69 Å². The lowest BCUT2D eigenvalue weighted by Crippen LogP contribution is -2.31. The van der Waals surface area contributed by atoms with Crippen molar-refractivity contribution in [1.29, 1.82) is 0 Å². The second kappa shape index (κ2) is 5.01. The quantitative estimate of drug-likeness (QED) is 0.794. The largest absolute Gasteiger partial charge is 0.460 e. The average Bonchev–Trinajstić information content (AvgIpc) is 2.66. The number of esters is 1. The maximum atomic E-state index is 10.9. The van der Waals surface area contributed by atoms with Crippen molar-refractivity contribution in [3.63, 3.8) is 0 Å². The van der Waals surface area contributed by atoms with E-state index >= 15 is 0 Å². The van der Waals surface area contributed by atoms with Gasteiger partial charge in [-0.3, -0.25) is 4.79 Å². The van der Waals surface area contributed by atoms with Crippen molar-refractivity contribution >= 4 is 11.7 Å². The molecule has 1 aliphatic carbocycles. The summed E-state index contributed by atoms with van der Waals surface area (Å²) in [5, 5.41) is 3.42. The molecule has 1 aromatic carbocycles. The van der Waals surface area contributed by atoms with E-state index in [2.05, 4.69) is 5.32 Å². The summed E-state index contributed by atoms with van der Waals surface area (Å²) in [5.41, 5.74) is 1.09. The Balaban J connectivity index is 1.96. The molecule has 0 saturated heterocycles. The molecular weight excluding hydrogens is 202 g/mol. The molecule has 0 heterocycles. The summed E-state index contributed by atoms with van der Waals surface area (Å²) in [5.74, 6) is -0.188. The third kappa shape index (κ3) is 2.75. The van der Waals surface area contributed by atoms with E-state index < -0.39 is 0 Å². The molecule has 0 aliphatic heterocycles. The highest BCUT2D eigenvalue weighted by Crippen LogP contribution is 2.25. The molecule has 3 nitrogen and oxygen atoms in total. The molecule has 0 aromatic heterocycles. The van der Waals surface area contributed by atoms with Crippen LogP contribution in [0.25, 0.3) is 0 Å². The fraction of sp³-hybridized carbons (Fsp3) is 0.462. The van der Waals surface area contributed by atoms with Gasteiger partial charge in [0.05, 0.1) is 6.04 Å². The molecule has 16 heavy (non-hydrogen) atoms. The molecule has 1 aliphatic rings. The SMILES string of the molecule is CC(=O)O[C@@H]1CCC[C@H]1Nc1ccccc1. The molecule has 86 valence electrons. The topological polar surface area (TPSA) is 38.3 Å². The Bertz CT molecular complexity index is 350. The van der Waals surface area contributed by atoms with E-state index in [4.69, 9.17) is 4.74 Å². The van der Waals surface area contributed by atoms with Gasteiger partial charge in [0.1, 0.15) is 6.10 Å². The van der Waals surface area contributed by atoms with Gasteiger partial charge < -0.3 is 10.1 Å². The lowest BCUT2D eigenvalue weighted by molar-refractivity contribution is -0.146. The van der Waals surface area contributed by atoms with E-state index in [1.54, 1.807) is 0 Å². The van der Waals surface area contributed by atoms with Crippen LogP contribution in [0.2, 0.25) is 0 Å². The minimum absolute atomic E-state index is 0.0257. The fourth-order valence-electron chi connectivity index (χ4n) is 2.19. The number of nitrogens with one attached hydrogen (secondary N) is 1. The number of para-hydroxylation sites is 1. The van der Waals surface area contributed by atoms with Crippen LogP contribution in [0, 0.1) is 0 Å². The molecule has 0 spiro atoms. The molecule has 1 saturated carbocycles. The zero-order valence-corrected chi connectivity index (χ0v) is 9.48. The molecule has 0 radical (unpaired) electrons. The van der Waals surface area contributed by atoms with Gasteiger partial charge in [-0.05, 0) is 31.4 Å². The molecule has 1 N–H and O–H groups in total. The van der Waals surface area contributed by atoms with Gasteiger partial charge in [-0.25, -0.2) is 0 Å². The van der Waals surface area contributed by atoms with Crippen molar-refractivity contribution in [3.05, 3.63) is 30.3 Å². The molecule has 0 unspecified atom stereocenters. The fourth-order valence-corrected chi connectivity index (χ4v) is 2.19. The van der Waals surface area contributed by atoms with E-state index in [0.29, 0.717) is 0 Å². The van der Waals surface area contributed by atoms with E-state index in [1.807, 2.05) is 30.3 Å². The molecular formula is C13H17NO2. The van der Waals surface area contributed by atoms with Crippen LogP contribution in [-0.2, 0) is 9.53 Å². The number of hydrogen-bond acceptors (Lipinski definition) is 3. The van der Waals surface area contributed by atoms with Gasteiger partial charge in [0.25, 0.3) is 0 Å². The van der Waals surface area contributed by atoms with Crippen LogP contribution in [0.15, 0.2) is 30.3 Å². The first kappa shape index (κ1) is 11.0. The maximum Gasteiger partial charge on any atom is 0.302 e. The molecule has 1 fully saturated rings. The summed E-state index contributed by atoms with van der Waals surface area (Å²) < 4.78 is 5.29. The van der Waals surface area contributed by atoms with Crippen molar-refractivity contribution < 1.29 is 9.53 Å². The highest BCUT2D eigenvalue weighted by molar-refractivity contribution is 5.66. The number of anilines is 1. The smallest absolute Gasteiger partial charge is 0.302 e. The van der Waals surface area contributed by atoms with Gasteiger partial charge in [-0.2, -0.15) is 0 Å². The number of carbonyl (C=O) groups excluding carboxylic acids is 1. The van der Waals surface area contributed by atoms with Gasteiger partial charge in [-0.1, -0.05) is 18.2 Å². The van der Waals surface area contributed by atoms with E-state index in [0.717, 1.165) is 24.9 Å². The van der Waals surface area contributed by atoms with Crippen molar-refractivity contribution in [2.24, 2.45) is 0 Å². The molecule has 1 aromatic rings. The summed E-state index contributed by atoms with van der Waals surface area (Å²) in [6.45, 7) is 1.47. The van der Waals surface area contributed by atoms with Gasteiger partial charge in [0.15, 0.2) is 0 Å². The van der Waals surface area contributed by atoms with Gasteiger partial charge >= 0.3 is 5.97 Å². The van der Waals surface area contributed by atoms with Gasteiger partial charge in [-0.15, -0.1) is 0 Å². The van der Waals surface area contributed by atoms with Crippen molar-refractivity contribution in [2.75, 3.05) is 5.32 Å². The lowest BCUT2D eigenvalue weighted by atomic mass is 10.2. The summed E-state index contributed by atoms with van der Waals surface area (Å²) >= 11 is 0. The van der Waals surface area contributed by atoms with Crippen LogP contribution in [0.3, 0.4) is 0 Å². The lowest BCUT2D eigenvalue weighted by Gasteiger charge is -2.21. The summed E-state index contributed by atoms with van der Waals surface area (Å²) in [6, 6.07) is 10.3. The van der Waals surface area contributed by atoms with Crippen LogP contribution >= 0.6 is 0 Å². The summed E-state index contributed by atoms with van der Waals surface area (Å²) in [4.78, 5) is 10.9. The highest BCUT2D eigenvalue weighted by Gasteiger charge is 2.29. The monoisotopic (exact) mass is 219 g/mol. The zero-order chi connectivity index (χ0) is 11.4. The third-order valence-corrected chi connectivity index (χ3v) is 2.90. The number of carbonyl (C=O) groups is 1. The molecule has 0 bridgehead atoms. The van der Waals surface area contributed by atoms with Gasteiger partial charge in [0, 0.05) is 12.6 Å². The van der Waals surface area contributed by atoms with Gasteiger partial charge in [0.2, 0.25) is 0 Å². The predicted octanol–water partition coefficient (Wildman–Crippen LogP) is 2.58. The second-order valence-corrected chi connectivity index (χ2v) is 4.20. The Kier molecular flexibility index (Phi) is 3.44. The van der Waals surface area contributed by atoms with Crippen molar-refractivity contribution in [2.45, 2.75) is 38.3 Å². The first-order valence-electron chi connectivity index (χ1n) is 5.74. The van der Waals surface area contributed by atoms with Crippen molar-refractivity contribution in [1.82, 2.24) is 0 Å².